The van der Waals surface area contributed by atoms with Crippen LogP contribution in [0.15, 0.2) is 48.5 Å². The lowest BCUT2D eigenvalue weighted by Crippen LogP contribution is -2.36. The number of thiocarbonyl (C=S) groups is 1. The molecule has 1 aliphatic carbocycles. The third kappa shape index (κ3) is 7.35. The molecule has 0 radical (unpaired) electrons. The first kappa shape index (κ1) is 23.3. The molecule has 2 amide bonds. The van der Waals surface area contributed by atoms with Gasteiger partial charge in [-0.3, -0.25) is 14.9 Å². The van der Waals surface area contributed by atoms with Crippen molar-refractivity contribution in [2.45, 2.75) is 38.1 Å². The second-order valence-corrected chi connectivity index (χ2v) is 8.58. The molecule has 0 unspecified atom stereocenters. The summed E-state index contributed by atoms with van der Waals surface area (Å²) in [6.07, 6.45) is 8.47. The molecule has 8 heteroatoms. The van der Waals surface area contributed by atoms with Gasteiger partial charge in [0.1, 0.15) is 0 Å². The molecule has 2 aromatic carbocycles. The molecular weight excluding hydrogens is 453 g/mol. The lowest BCUT2D eigenvalue weighted by molar-refractivity contribution is -0.115. The summed E-state index contributed by atoms with van der Waals surface area (Å²) in [7, 11) is 0. The molecule has 5 nitrogen and oxygen atoms in total. The predicted octanol–water partition coefficient (Wildman–Crippen LogP) is 5.58. The van der Waals surface area contributed by atoms with Gasteiger partial charge in [0.2, 0.25) is 5.91 Å². The fourth-order valence-electron chi connectivity index (χ4n) is 3.35. The summed E-state index contributed by atoms with van der Waals surface area (Å²) in [5, 5.41) is 9.65. The summed E-state index contributed by atoms with van der Waals surface area (Å²) in [6.45, 7) is 0. The lowest BCUT2D eigenvalue weighted by atomic mass is 9.95. The molecule has 1 fully saturated rings. The normalized spacial score (nSPS) is 14.3. The summed E-state index contributed by atoms with van der Waals surface area (Å²) in [5.74, 6) is -0.585. The van der Waals surface area contributed by atoms with Crippen LogP contribution in [-0.2, 0) is 4.79 Å². The van der Waals surface area contributed by atoms with Gasteiger partial charge in [-0.15, -0.1) is 0 Å². The van der Waals surface area contributed by atoms with Crippen molar-refractivity contribution in [1.82, 2.24) is 10.6 Å². The quantitative estimate of drug-likeness (QED) is 0.389. The Morgan fingerprint density at radius 3 is 2.42 bits per heavy atom. The molecule has 0 aliphatic heterocycles. The Bertz CT molecular complexity index is 987. The molecule has 0 aromatic heterocycles. The first-order chi connectivity index (χ1) is 14.9. The zero-order valence-corrected chi connectivity index (χ0v) is 19.1. The number of amides is 2. The topological polar surface area (TPSA) is 70.2 Å². The summed E-state index contributed by atoms with van der Waals surface area (Å²) >= 11 is 17.3. The predicted molar refractivity (Wildman–Crippen MR) is 131 cm³/mol. The molecule has 1 aliphatic rings. The van der Waals surface area contributed by atoms with Gasteiger partial charge < -0.3 is 10.6 Å². The zero-order valence-electron chi connectivity index (χ0n) is 16.8. The number of benzene rings is 2. The van der Waals surface area contributed by atoms with Crippen LogP contribution in [0.3, 0.4) is 0 Å². The second-order valence-electron chi connectivity index (χ2n) is 7.33. The van der Waals surface area contributed by atoms with E-state index in [0.717, 1.165) is 31.2 Å². The van der Waals surface area contributed by atoms with Crippen LogP contribution in [-0.4, -0.2) is 23.0 Å². The van der Waals surface area contributed by atoms with Crippen LogP contribution in [0, 0.1) is 0 Å². The summed E-state index contributed by atoms with van der Waals surface area (Å²) in [5.41, 5.74) is 1.77. The van der Waals surface area contributed by atoms with Crippen LogP contribution < -0.4 is 16.0 Å². The van der Waals surface area contributed by atoms with Gasteiger partial charge in [-0.25, -0.2) is 0 Å². The molecule has 0 bridgehead atoms. The number of carbonyl (C=O) groups is 2. The number of rotatable bonds is 5. The number of anilines is 1. The van der Waals surface area contributed by atoms with Crippen molar-refractivity contribution in [3.05, 3.63) is 69.7 Å². The molecule has 0 heterocycles. The highest BCUT2D eigenvalue weighted by Crippen LogP contribution is 2.23. The molecule has 162 valence electrons. The van der Waals surface area contributed by atoms with Crippen molar-refractivity contribution in [1.29, 1.82) is 0 Å². The number of halogens is 2. The van der Waals surface area contributed by atoms with Crippen molar-refractivity contribution < 1.29 is 9.59 Å². The third-order valence-electron chi connectivity index (χ3n) is 4.94. The maximum Gasteiger partial charge on any atom is 0.253 e. The Balaban J connectivity index is 1.56. The van der Waals surface area contributed by atoms with Crippen LogP contribution in [0.1, 0.15) is 48.0 Å². The van der Waals surface area contributed by atoms with E-state index >= 15 is 0 Å². The Kier molecular flexibility index (Phi) is 8.46. The van der Waals surface area contributed by atoms with Gasteiger partial charge >= 0.3 is 0 Å². The first-order valence-corrected chi connectivity index (χ1v) is 11.2. The molecule has 31 heavy (non-hydrogen) atoms. The summed E-state index contributed by atoms with van der Waals surface area (Å²) in [4.78, 5) is 24.7. The standard InChI is InChI=1S/C23H23Cl2N3O2S/c24-16-9-6-15(7-10-16)8-13-21(29)28-23(31)27-18-11-12-20(25)19(14-18)22(30)26-17-4-2-1-3-5-17/h6-14,17H,1-5H2,(H,26,30)(H2,27,28,29,31)/b13-8+. The molecule has 2 aromatic rings. The monoisotopic (exact) mass is 475 g/mol. The van der Waals surface area contributed by atoms with E-state index in [1.165, 1.54) is 12.5 Å². The van der Waals surface area contributed by atoms with Crippen molar-refractivity contribution in [3.8, 4) is 0 Å². The van der Waals surface area contributed by atoms with E-state index in [2.05, 4.69) is 16.0 Å². The van der Waals surface area contributed by atoms with Gasteiger partial charge in [0.05, 0.1) is 10.6 Å². The second kappa shape index (κ2) is 11.3. The van der Waals surface area contributed by atoms with Gasteiger partial charge in [0, 0.05) is 22.8 Å². The zero-order chi connectivity index (χ0) is 22.2. The Morgan fingerprint density at radius 2 is 1.71 bits per heavy atom. The van der Waals surface area contributed by atoms with E-state index in [0.29, 0.717) is 21.3 Å². The Labute approximate surface area is 197 Å². The third-order valence-corrected chi connectivity index (χ3v) is 5.73. The maximum absolute atomic E-state index is 12.6. The molecule has 3 rings (SSSR count). The van der Waals surface area contributed by atoms with Gasteiger partial charge in [0.15, 0.2) is 5.11 Å². The van der Waals surface area contributed by atoms with Crippen molar-refractivity contribution >= 4 is 64.1 Å². The van der Waals surface area contributed by atoms with E-state index in [1.807, 2.05) is 0 Å². The average molecular weight is 476 g/mol. The van der Waals surface area contributed by atoms with Crippen molar-refractivity contribution in [2.24, 2.45) is 0 Å². The maximum atomic E-state index is 12.6. The van der Waals surface area contributed by atoms with Crippen LogP contribution in [0.2, 0.25) is 10.0 Å². The summed E-state index contributed by atoms with van der Waals surface area (Å²) < 4.78 is 0. The first-order valence-electron chi connectivity index (χ1n) is 10.1. The van der Waals surface area contributed by atoms with Gasteiger partial charge in [-0.1, -0.05) is 54.6 Å². The van der Waals surface area contributed by atoms with E-state index in [4.69, 9.17) is 35.4 Å². The van der Waals surface area contributed by atoms with Crippen LogP contribution in [0.4, 0.5) is 5.69 Å². The minimum absolute atomic E-state index is 0.117. The van der Waals surface area contributed by atoms with Crippen LogP contribution in [0.25, 0.3) is 6.08 Å². The highest BCUT2D eigenvalue weighted by atomic mass is 35.5. The number of hydrogen-bond acceptors (Lipinski definition) is 3. The van der Waals surface area contributed by atoms with E-state index in [9.17, 15) is 9.59 Å². The largest absolute Gasteiger partial charge is 0.349 e. The minimum Gasteiger partial charge on any atom is -0.349 e. The highest BCUT2D eigenvalue weighted by Gasteiger charge is 2.18. The molecular formula is C23H23Cl2N3O2S. The van der Waals surface area contributed by atoms with Crippen LogP contribution >= 0.6 is 35.4 Å². The highest BCUT2D eigenvalue weighted by molar-refractivity contribution is 7.80. The fourth-order valence-corrected chi connectivity index (χ4v) is 3.90. The molecule has 1 saturated carbocycles. The van der Waals surface area contributed by atoms with E-state index < -0.39 is 0 Å². The average Bonchev–Trinajstić information content (AvgIpc) is 2.75. The van der Waals surface area contributed by atoms with E-state index in [-0.39, 0.29) is 23.0 Å². The smallest absolute Gasteiger partial charge is 0.253 e. The van der Waals surface area contributed by atoms with E-state index in [1.54, 1.807) is 48.5 Å². The summed E-state index contributed by atoms with van der Waals surface area (Å²) in [6, 6.07) is 12.2. The van der Waals surface area contributed by atoms with Crippen molar-refractivity contribution in [3.63, 3.8) is 0 Å². The fraction of sp³-hybridized carbons (Fsp3) is 0.261. The molecule has 0 saturated heterocycles. The SMILES string of the molecule is O=C(/C=C/c1ccc(Cl)cc1)NC(=S)Nc1ccc(Cl)c(C(=O)NC2CCCCC2)c1. The van der Waals surface area contributed by atoms with Crippen LogP contribution in [0.5, 0.6) is 0 Å². The van der Waals surface area contributed by atoms with Crippen molar-refractivity contribution in [2.75, 3.05) is 5.32 Å². The minimum atomic E-state index is -0.378. The Hall–Kier alpha value is -2.41. The molecule has 3 N–H and O–H groups in total. The van der Waals surface area contributed by atoms with Gasteiger partial charge in [0.25, 0.3) is 5.91 Å². The van der Waals surface area contributed by atoms with Gasteiger partial charge in [-0.2, -0.15) is 0 Å². The number of hydrogen-bond donors (Lipinski definition) is 3. The van der Waals surface area contributed by atoms with Gasteiger partial charge in [-0.05, 0) is 67.0 Å². The lowest BCUT2D eigenvalue weighted by Gasteiger charge is -2.23. The number of carbonyl (C=O) groups excluding carboxylic acids is 2. The molecule has 0 atom stereocenters. The number of nitrogens with one attached hydrogen (secondary N) is 3. The Morgan fingerprint density at radius 1 is 1.00 bits per heavy atom. The molecule has 0 spiro atoms.